The molecule has 0 N–H and O–H groups in total. The fourth-order valence-electron chi connectivity index (χ4n) is 8.25. The van der Waals surface area contributed by atoms with Gasteiger partial charge in [-0.3, -0.25) is 4.57 Å². The fourth-order valence-corrected chi connectivity index (χ4v) is 8.25. The van der Waals surface area contributed by atoms with Crippen LogP contribution >= 0.6 is 0 Å². The zero-order valence-electron chi connectivity index (χ0n) is 30.3. The van der Waals surface area contributed by atoms with Gasteiger partial charge < -0.3 is 4.42 Å². The van der Waals surface area contributed by atoms with Crippen LogP contribution in [0.1, 0.15) is 0 Å². The topological polar surface area (TPSA) is 56.7 Å². The number of hydrogen-bond acceptors (Lipinski definition) is 4. The van der Waals surface area contributed by atoms with E-state index in [1.165, 1.54) is 38.1 Å². The first-order valence-corrected chi connectivity index (χ1v) is 18.1. The van der Waals surface area contributed by atoms with Gasteiger partial charge >= 0.3 is 0 Å². The number of para-hydroxylation sites is 4. The lowest BCUT2D eigenvalue weighted by Crippen LogP contribution is -2.55. The molecule has 10 rings (SSSR count). The summed E-state index contributed by atoms with van der Waals surface area (Å²) in [5.74, 6) is 1.79. The molecule has 0 bridgehead atoms. The van der Waals surface area contributed by atoms with Crippen LogP contribution in [0.5, 0.6) is 0 Å². The molecule has 0 aliphatic rings. The van der Waals surface area contributed by atoms with Crippen LogP contribution in [0.3, 0.4) is 0 Å². The maximum absolute atomic E-state index is 6.95. The van der Waals surface area contributed by atoms with Crippen molar-refractivity contribution in [3.63, 3.8) is 0 Å². The second-order valence-corrected chi connectivity index (χ2v) is 14.2. The van der Waals surface area contributed by atoms with Crippen LogP contribution in [0.15, 0.2) is 132 Å². The highest BCUT2D eigenvalue weighted by atomic mass is 16.3. The lowest BCUT2D eigenvalue weighted by Gasteiger charge is -2.20. The van der Waals surface area contributed by atoms with Crippen LogP contribution in [0, 0.1) is 0 Å². The molecule has 53 heavy (non-hydrogen) atoms. The van der Waals surface area contributed by atoms with Gasteiger partial charge in [-0.1, -0.05) is 114 Å². The summed E-state index contributed by atoms with van der Waals surface area (Å²) in [6.07, 6.45) is 0. The van der Waals surface area contributed by atoms with Crippen LogP contribution in [0.2, 0.25) is 0 Å². The molecule has 244 valence electrons. The lowest BCUT2D eigenvalue weighted by atomic mass is 9.60. The minimum Gasteiger partial charge on any atom is -0.455 e. The Kier molecular flexibility index (Phi) is 7.06. The summed E-state index contributed by atoms with van der Waals surface area (Å²) >= 11 is 0. The summed E-state index contributed by atoms with van der Waals surface area (Å²) < 4.78 is 9.12. The third kappa shape index (κ3) is 4.75. The third-order valence-corrected chi connectivity index (χ3v) is 11.5. The summed E-state index contributed by atoms with van der Waals surface area (Å²) in [7, 11) is 11.0. The van der Waals surface area contributed by atoms with Crippen molar-refractivity contribution in [3.05, 3.63) is 127 Å². The number of fused-ring (bicyclic) bond motifs is 7. The number of nitrogens with zero attached hydrogens (tertiary/aromatic N) is 4. The lowest BCUT2D eigenvalue weighted by molar-refractivity contribution is 0.670. The van der Waals surface area contributed by atoms with E-state index in [4.69, 9.17) is 19.4 Å². The maximum atomic E-state index is 6.95. The summed E-state index contributed by atoms with van der Waals surface area (Å²) in [6, 6.07) is 44.7. The molecule has 0 amide bonds. The van der Waals surface area contributed by atoms with E-state index in [1.807, 2.05) is 0 Å². The van der Waals surface area contributed by atoms with Crippen molar-refractivity contribution in [2.75, 3.05) is 0 Å². The SMILES string of the molecule is Bc1c(B)c(B)c(-c2nc(-c3cccc4c3oc3c(-c5ccc6ccccc6c5)cccc34)nc(-n3c4ccccc4c4ccccc43)n2)c(B)c1B. The Balaban J connectivity index is 1.27. The van der Waals surface area contributed by atoms with Crippen LogP contribution in [0.4, 0.5) is 0 Å². The fraction of sp³-hybridized carbons (Fsp3) is 0. The van der Waals surface area contributed by atoms with E-state index in [1.54, 1.807) is 0 Å². The van der Waals surface area contributed by atoms with Gasteiger partial charge in [-0.2, -0.15) is 9.97 Å². The highest BCUT2D eigenvalue weighted by Crippen LogP contribution is 2.40. The largest absolute Gasteiger partial charge is 0.455 e. The molecule has 7 aromatic carbocycles. The highest BCUT2D eigenvalue weighted by Gasteiger charge is 2.23. The van der Waals surface area contributed by atoms with Crippen LogP contribution in [0.25, 0.3) is 94.4 Å². The number of aromatic nitrogens is 4. The second kappa shape index (κ2) is 11.9. The normalized spacial score (nSPS) is 11.8. The van der Waals surface area contributed by atoms with Gasteiger partial charge in [0.25, 0.3) is 0 Å². The predicted molar refractivity (Wildman–Crippen MR) is 236 cm³/mol. The van der Waals surface area contributed by atoms with Gasteiger partial charge in [-0.25, -0.2) is 4.98 Å². The molecule has 3 aromatic heterocycles. The molecular weight excluding hydrogens is 643 g/mol. The van der Waals surface area contributed by atoms with E-state index < -0.39 is 0 Å². The Hall–Kier alpha value is -6.27. The van der Waals surface area contributed by atoms with Gasteiger partial charge in [0.1, 0.15) is 50.4 Å². The van der Waals surface area contributed by atoms with E-state index >= 15 is 0 Å². The second-order valence-electron chi connectivity index (χ2n) is 14.2. The van der Waals surface area contributed by atoms with Gasteiger partial charge in [-0.15, -0.1) is 16.4 Å². The Morgan fingerprint density at radius 3 is 1.64 bits per heavy atom. The smallest absolute Gasteiger partial charge is 0.238 e. The molecule has 0 atom stereocenters. The number of rotatable bonds is 4. The number of benzene rings is 7. The molecule has 10 aromatic rings. The average Bonchev–Trinajstić information content (AvgIpc) is 3.75. The van der Waals surface area contributed by atoms with Gasteiger partial charge in [0.15, 0.2) is 11.6 Å². The van der Waals surface area contributed by atoms with Crippen LogP contribution < -0.4 is 27.3 Å². The summed E-state index contributed by atoms with van der Waals surface area (Å²) in [6.45, 7) is 0. The predicted octanol–water partition coefficient (Wildman–Crippen LogP) is 2.31. The Labute approximate surface area is 311 Å². The first-order chi connectivity index (χ1) is 25.9. The van der Waals surface area contributed by atoms with Crippen LogP contribution in [-0.2, 0) is 0 Å². The van der Waals surface area contributed by atoms with Crippen molar-refractivity contribution in [2.24, 2.45) is 0 Å². The first kappa shape index (κ1) is 31.5. The number of furan rings is 1. The maximum Gasteiger partial charge on any atom is 0.238 e. The van der Waals surface area contributed by atoms with Gasteiger partial charge in [0.05, 0.1) is 16.6 Å². The molecule has 0 saturated carbocycles. The molecule has 3 heterocycles. The molecule has 10 heteroatoms. The molecular formula is C43H31B5N4O. The minimum atomic E-state index is 0.568. The molecule has 0 fully saturated rings. The van der Waals surface area contributed by atoms with Crippen molar-refractivity contribution in [1.29, 1.82) is 0 Å². The summed E-state index contributed by atoms with van der Waals surface area (Å²) in [5.41, 5.74) is 13.9. The van der Waals surface area contributed by atoms with Gasteiger partial charge in [0.2, 0.25) is 5.95 Å². The number of hydrogen-bond donors (Lipinski definition) is 0. The first-order valence-electron chi connectivity index (χ1n) is 18.1. The van der Waals surface area contributed by atoms with Crippen molar-refractivity contribution in [3.8, 4) is 39.9 Å². The van der Waals surface area contributed by atoms with Crippen molar-refractivity contribution in [1.82, 2.24) is 19.5 Å². The van der Waals surface area contributed by atoms with Crippen molar-refractivity contribution < 1.29 is 4.42 Å². The standard InChI is InChI=1S/C43H31B5N4O/c44-34-33(35(45)37(47)38(48)36(34)46)42-49-41(50-43(51-42)52-31-17-5-3-11-26(31)27-12-4-6-18-32(27)52)30-16-8-15-29-28-14-7-13-25(39(28)53-40(29)30)24-20-19-22-9-1-2-10-23(22)21-24/h1-21H,44-48H2. The van der Waals surface area contributed by atoms with E-state index in [2.05, 4.69) is 171 Å². The Morgan fingerprint density at radius 1 is 0.434 bits per heavy atom. The minimum absolute atomic E-state index is 0.568. The van der Waals surface area contributed by atoms with Crippen LogP contribution in [-0.4, -0.2) is 58.8 Å². The van der Waals surface area contributed by atoms with E-state index in [9.17, 15) is 0 Å². The molecule has 0 aliphatic carbocycles. The third-order valence-electron chi connectivity index (χ3n) is 11.5. The zero-order chi connectivity index (χ0) is 36.0. The monoisotopic (exact) mass is 674 g/mol. The molecule has 0 unspecified atom stereocenters. The van der Waals surface area contributed by atoms with Gasteiger partial charge in [-0.05, 0) is 40.6 Å². The quantitative estimate of drug-likeness (QED) is 0.270. The molecule has 0 aliphatic heterocycles. The highest BCUT2D eigenvalue weighted by molar-refractivity contribution is 6.68. The van der Waals surface area contributed by atoms with Gasteiger partial charge in [0, 0.05) is 32.7 Å². The molecule has 0 spiro atoms. The Morgan fingerprint density at radius 2 is 0.962 bits per heavy atom. The molecule has 0 saturated heterocycles. The molecule has 5 nitrogen and oxygen atoms in total. The summed E-state index contributed by atoms with van der Waals surface area (Å²) in [4.78, 5) is 15.9. The summed E-state index contributed by atoms with van der Waals surface area (Å²) in [5, 5.41) is 6.80. The van der Waals surface area contributed by atoms with E-state index in [0.29, 0.717) is 17.6 Å². The Bertz CT molecular complexity index is 3070. The van der Waals surface area contributed by atoms with E-state index in [-0.39, 0.29) is 0 Å². The van der Waals surface area contributed by atoms with Crippen molar-refractivity contribution >= 4 is 121 Å². The molecule has 0 radical (unpaired) electrons. The average molecular weight is 674 g/mol. The zero-order valence-corrected chi connectivity index (χ0v) is 30.3. The van der Waals surface area contributed by atoms with E-state index in [0.717, 1.165) is 66.0 Å². The van der Waals surface area contributed by atoms with Crippen molar-refractivity contribution in [2.45, 2.75) is 0 Å².